The molecule has 116 valence electrons. The molecule has 0 radical (unpaired) electrons. The molecule has 0 unspecified atom stereocenters. The molecule has 0 aliphatic rings. The lowest BCUT2D eigenvalue weighted by atomic mass is 10.1. The lowest BCUT2D eigenvalue weighted by Gasteiger charge is -2.15. The molecule has 0 saturated heterocycles. The third kappa shape index (κ3) is 3.92. The minimum absolute atomic E-state index is 0.0123. The summed E-state index contributed by atoms with van der Waals surface area (Å²) in [7, 11) is 1.79. The number of nitro groups is 1. The number of amides is 1. The molecule has 0 aliphatic heterocycles. The van der Waals surface area contributed by atoms with Gasteiger partial charge >= 0.3 is 0 Å². The first-order valence-corrected chi connectivity index (χ1v) is 6.72. The number of nitrogens with one attached hydrogen (secondary N) is 1. The molecule has 0 bridgehead atoms. The molecular weight excluding hydrogens is 286 g/mol. The van der Waals surface area contributed by atoms with E-state index in [-0.39, 0.29) is 18.1 Å². The van der Waals surface area contributed by atoms with Crippen molar-refractivity contribution in [2.75, 3.05) is 18.9 Å². The van der Waals surface area contributed by atoms with Gasteiger partial charge in [-0.05, 0) is 32.2 Å². The minimum atomic E-state index is -0.464. The maximum atomic E-state index is 12.0. The van der Waals surface area contributed by atoms with Crippen LogP contribution in [0.5, 0.6) is 0 Å². The van der Waals surface area contributed by atoms with Gasteiger partial charge in [-0.25, -0.2) is 0 Å². The molecule has 0 spiro atoms. The minimum Gasteiger partial charge on any atom is -0.468 e. The van der Waals surface area contributed by atoms with Crippen LogP contribution in [0, 0.1) is 17.0 Å². The molecule has 1 N–H and O–H groups in total. The van der Waals surface area contributed by atoms with E-state index >= 15 is 0 Å². The standard InChI is InChI=1S/C15H17N3O4/c1-11-13(6-3-7-14(11)18(20)21)16-15(19)10-17(2)9-12-5-4-8-22-12/h3-8H,9-10H2,1-2H3,(H,16,19). The van der Waals surface area contributed by atoms with E-state index in [9.17, 15) is 14.9 Å². The van der Waals surface area contributed by atoms with Crippen LogP contribution in [0.1, 0.15) is 11.3 Å². The predicted octanol–water partition coefficient (Wildman–Crippen LogP) is 2.57. The van der Waals surface area contributed by atoms with Crippen LogP contribution >= 0.6 is 0 Å². The van der Waals surface area contributed by atoms with Gasteiger partial charge in [-0.15, -0.1) is 0 Å². The van der Waals surface area contributed by atoms with E-state index in [1.54, 1.807) is 43.3 Å². The van der Waals surface area contributed by atoms with Gasteiger partial charge in [0.25, 0.3) is 5.69 Å². The Morgan fingerprint density at radius 3 is 2.77 bits per heavy atom. The zero-order valence-electron chi connectivity index (χ0n) is 12.4. The summed E-state index contributed by atoms with van der Waals surface area (Å²) in [5, 5.41) is 13.6. The van der Waals surface area contributed by atoms with Crippen LogP contribution in [0.2, 0.25) is 0 Å². The fourth-order valence-electron chi connectivity index (χ4n) is 2.12. The number of nitrogens with zero attached hydrogens (tertiary/aromatic N) is 2. The van der Waals surface area contributed by atoms with Crippen LogP contribution < -0.4 is 5.32 Å². The first-order chi connectivity index (χ1) is 10.5. The van der Waals surface area contributed by atoms with E-state index in [1.165, 1.54) is 6.07 Å². The van der Waals surface area contributed by atoms with Gasteiger partial charge in [0, 0.05) is 6.07 Å². The number of hydrogen-bond donors (Lipinski definition) is 1. The number of furan rings is 1. The van der Waals surface area contributed by atoms with Gasteiger partial charge < -0.3 is 9.73 Å². The van der Waals surface area contributed by atoms with E-state index < -0.39 is 4.92 Å². The molecule has 0 saturated carbocycles. The number of likely N-dealkylation sites (N-methyl/N-ethyl adjacent to an activating group) is 1. The maximum absolute atomic E-state index is 12.0. The average Bonchev–Trinajstić information content (AvgIpc) is 2.93. The number of hydrogen-bond acceptors (Lipinski definition) is 5. The van der Waals surface area contributed by atoms with Crippen molar-refractivity contribution in [1.29, 1.82) is 0 Å². The van der Waals surface area contributed by atoms with Crippen LogP contribution in [0.15, 0.2) is 41.0 Å². The van der Waals surface area contributed by atoms with Crippen molar-refractivity contribution in [2.45, 2.75) is 13.5 Å². The second-order valence-corrected chi connectivity index (χ2v) is 5.01. The summed E-state index contributed by atoms with van der Waals surface area (Å²) in [6.45, 7) is 2.28. The van der Waals surface area contributed by atoms with Gasteiger partial charge in [-0.1, -0.05) is 6.07 Å². The van der Waals surface area contributed by atoms with E-state index in [2.05, 4.69) is 5.32 Å². The Morgan fingerprint density at radius 2 is 2.14 bits per heavy atom. The number of anilines is 1. The molecule has 1 aromatic heterocycles. The van der Waals surface area contributed by atoms with Crippen LogP contribution in [0.3, 0.4) is 0 Å². The third-order valence-electron chi connectivity index (χ3n) is 3.20. The first-order valence-electron chi connectivity index (χ1n) is 6.72. The Balaban J connectivity index is 1.97. The molecule has 2 aromatic rings. The van der Waals surface area contributed by atoms with Crippen LogP contribution in [-0.2, 0) is 11.3 Å². The SMILES string of the molecule is Cc1c(NC(=O)CN(C)Cc2ccco2)cccc1[N+](=O)[O-]. The summed E-state index contributed by atoms with van der Waals surface area (Å²) >= 11 is 0. The largest absolute Gasteiger partial charge is 0.468 e. The zero-order valence-corrected chi connectivity index (χ0v) is 12.4. The summed E-state index contributed by atoms with van der Waals surface area (Å²) in [6.07, 6.45) is 1.58. The van der Waals surface area contributed by atoms with Crippen molar-refractivity contribution in [3.63, 3.8) is 0 Å². The van der Waals surface area contributed by atoms with Crippen LogP contribution in [-0.4, -0.2) is 29.3 Å². The second kappa shape index (κ2) is 6.86. The number of carbonyl (C=O) groups excluding carboxylic acids is 1. The zero-order chi connectivity index (χ0) is 16.1. The first kappa shape index (κ1) is 15.7. The summed E-state index contributed by atoms with van der Waals surface area (Å²) in [4.78, 5) is 24.2. The highest BCUT2D eigenvalue weighted by molar-refractivity contribution is 5.93. The van der Waals surface area contributed by atoms with Crippen LogP contribution in [0.25, 0.3) is 0 Å². The van der Waals surface area contributed by atoms with Crippen molar-refractivity contribution in [2.24, 2.45) is 0 Å². The normalized spacial score (nSPS) is 10.7. The average molecular weight is 303 g/mol. The third-order valence-corrected chi connectivity index (χ3v) is 3.20. The Bertz CT molecular complexity index is 667. The topological polar surface area (TPSA) is 88.6 Å². The summed E-state index contributed by atoms with van der Waals surface area (Å²) in [6, 6.07) is 8.23. The molecule has 7 nitrogen and oxygen atoms in total. The Hall–Kier alpha value is -2.67. The predicted molar refractivity (Wildman–Crippen MR) is 81.5 cm³/mol. The summed E-state index contributed by atoms with van der Waals surface area (Å²) in [5.41, 5.74) is 0.877. The van der Waals surface area contributed by atoms with Crippen molar-refractivity contribution in [3.8, 4) is 0 Å². The molecule has 1 heterocycles. The van der Waals surface area contributed by atoms with Crippen molar-refractivity contribution >= 4 is 17.3 Å². The van der Waals surface area contributed by atoms with Gasteiger partial charge in [0.15, 0.2) is 0 Å². The molecule has 0 aliphatic carbocycles. The highest BCUT2D eigenvalue weighted by Crippen LogP contribution is 2.24. The van der Waals surface area contributed by atoms with Crippen LogP contribution in [0.4, 0.5) is 11.4 Å². The van der Waals surface area contributed by atoms with E-state index in [1.807, 2.05) is 6.07 Å². The molecule has 0 fully saturated rings. The van der Waals surface area contributed by atoms with E-state index in [4.69, 9.17) is 4.42 Å². The number of carbonyl (C=O) groups is 1. The van der Waals surface area contributed by atoms with Gasteiger partial charge in [0.1, 0.15) is 5.76 Å². The quantitative estimate of drug-likeness (QED) is 0.654. The van der Waals surface area contributed by atoms with Gasteiger partial charge in [0.05, 0.1) is 35.5 Å². The maximum Gasteiger partial charge on any atom is 0.274 e. The van der Waals surface area contributed by atoms with Crippen molar-refractivity contribution < 1.29 is 14.1 Å². The molecule has 0 atom stereocenters. The summed E-state index contributed by atoms with van der Waals surface area (Å²) in [5.74, 6) is 0.527. The van der Waals surface area contributed by atoms with Gasteiger partial charge in [-0.2, -0.15) is 0 Å². The second-order valence-electron chi connectivity index (χ2n) is 5.01. The van der Waals surface area contributed by atoms with Gasteiger partial charge in [-0.3, -0.25) is 19.8 Å². The monoisotopic (exact) mass is 303 g/mol. The van der Waals surface area contributed by atoms with Crippen molar-refractivity contribution in [1.82, 2.24) is 4.90 Å². The molecule has 1 aromatic carbocycles. The smallest absolute Gasteiger partial charge is 0.274 e. The fraction of sp³-hybridized carbons (Fsp3) is 0.267. The van der Waals surface area contributed by atoms with E-state index in [0.29, 0.717) is 17.8 Å². The molecule has 2 rings (SSSR count). The number of benzene rings is 1. The van der Waals surface area contributed by atoms with Crippen molar-refractivity contribution in [3.05, 3.63) is 58.0 Å². The Morgan fingerprint density at radius 1 is 1.36 bits per heavy atom. The van der Waals surface area contributed by atoms with Gasteiger partial charge in [0.2, 0.25) is 5.91 Å². The lowest BCUT2D eigenvalue weighted by Crippen LogP contribution is -2.29. The highest BCUT2D eigenvalue weighted by atomic mass is 16.6. The Labute approximate surface area is 127 Å². The molecule has 22 heavy (non-hydrogen) atoms. The molecule has 7 heteroatoms. The molecule has 1 amide bonds. The highest BCUT2D eigenvalue weighted by Gasteiger charge is 2.15. The van der Waals surface area contributed by atoms with E-state index in [0.717, 1.165) is 5.76 Å². The fourth-order valence-corrected chi connectivity index (χ4v) is 2.12. The molecular formula is C15H17N3O4. The number of rotatable bonds is 6. The Kier molecular flexibility index (Phi) is 4.90. The number of nitro benzene ring substituents is 1. The summed E-state index contributed by atoms with van der Waals surface area (Å²) < 4.78 is 5.22. The lowest BCUT2D eigenvalue weighted by molar-refractivity contribution is -0.385.